The molecular formula is C9H12O2S. The molecular weight excluding hydrogens is 172 g/mol. The first-order valence-electron chi connectivity index (χ1n) is 3.79. The minimum atomic E-state index is -1.28. The Hall–Kier alpha value is -0.510. The molecule has 3 heteroatoms. The van der Waals surface area contributed by atoms with E-state index in [1.165, 1.54) is 0 Å². The number of thiol groups is 1. The fourth-order valence-corrected chi connectivity index (χ4v) is 1.37. The smallest absolute Gasteiger partial charge is 0.152 e. The van der Waals surface area contributed by atoms with Gasteiger partial charge in [-0.15, -0.1) is 0 Å². The largest absolute Gasteiger partial charge is 0.368 e. The maximum atomic E-state index is 8.69. The van der Waals surface area contributed by atoms with Gasteiger partial charge < -0.3 is 10.2 Å². The first-order chi connectivity index (χ1) is 5.70. The van der Waals surface area contributed by atoms with Crippen LogP contribution in [0.2, 0.25) is 0 Å². The van der Waals surface area contributed by atoms with Crippen LogP contribution in [0.15, 0.2) is 30.3 Å². The summed E-state index contributed by atoms with van der Waals surface area (Å²) in [5.41, 5.74) is 1.01. The molecule has 0 fully saturated rings. The van der Waals surface area contributed by atoms with E-state index in [1.54, 1.807) is 0 Å². The summed E-state index contributed by atoms with van der Waals surface area (Å²) in [5, 5.41) is 17.3. The van der Waals surface area contributed by atoms with Gasteiger partial charge in [0, 0.05) is 11.7 Å². The average molecular weight is 184 g/mol. The van der Waals surface area contributed by atoms with E-state index in [1.807, 2.05) is 30.3 Å². The Kier molecular flexibility index (Phi) is 3.59. The first kappa shape index (κ1) is 9.58. The topological polar surface area (TPSA) is 40.5 Å². The van der Waals surface area contributed by atoms with Gasteiger partial charge in [-0.05, 0) is 5.56 Å². The summed E-state index contributed by atoms with van der Waals surface area (Å²) in [6, 6.07) is 9.56. The van der Waals surface area contributed by atoms with Crippen molar-refractivity contribution < 1.29 is 10.2 Å². The van der Waals surface area contributed by atoms with E-state index in [4.69, 9.17) is 10.2 Å². The van der Waals surface area contributed by atoms with Crippen LogP contribution in [-0.2, 0) is 0 Å². The van der Waals surface area contributed by atoms with E-state index in [2.05, 4.69) is 12.6 Å². The van der Waals surface area contributed by atoms with Crippen molar-refractivity contribution in [2.24, 2.45) is 0 Å². The van der Waals surface area contributed by atoms with Gasteiger partial charge in [-0.2, -0.15) is 12.6 Å². The molecule has 1 atom stereocenters. The highest BCUT2D eigenvalue weighted by Crippen LogP contribution is 2.23. The van der Waals surface area contributed by atoms with Gasteiger partial charge in [-0.3, -0.25) is 0 Å². The van der Waals surface area contributed by atoms with Crippen LogP contribution in [0.3, 0.4) is 0 Å². The van der Waals surface area contributed by atoms with Gasteiger partial charge >= 0.3 is 0 Å². The molecule has 0 aliphatic rings. The van der Waals surface area contributed by atoms with Crippen LogP contribution in [0, 0.1) is 0 Å². The lowest BCUT2D eigenvalue weighted by Gasteiger charge is -2.11. The molecule has 1 rings (SSSR count). The molecule has 0 bridgehead atoms. The SMILES string of the molecule is OC(O)CC(S)c1ccccc1. The highest BCUT2D eigenvalue weighted by molar-refractivity contribution is 7.80. The number of aliphatic hydroxyl groups is 2. The van der Waals surface area contributed by atoms with Gasteiger partial charge in [0.1, 0.15) is 0 Å². The van der Waals surface area contributed by atoms with Crippen molar-refractivity contribution >= 4 is 12.6 Å². The molecule has 0 aliphatic carbocycles. The molecule has 0 aromatic heterocycles. The molecule has 2 nitrogen and oxygen atoms in total. The zero-order valence-electron chi connectivity index (χ0n) is 6.59. The number of aliphatic hydroxyl groups excluding tert-OH is 1. The van der Waals surface area contributed by atoms with Gasteiger partial charge in [0.05, 0.1) is 0 Å². The molecule has 66 valence electrons. The predicted molar refractivity (Wildman–Crippen MR) is 51.0 cm³/mol. The number of hydrogen-bond donors (Lipinski definition) is 3. The molecule has 1 unspecified atom stereocenters. The van der Waals surface area contributed by atoms with Gasteiger partial charge in [0.2, 0.25) is 0 Å². The van der Waals surface area contributed by atoms with Crippen molar-refractivity contribution in [3.05, 3.63) is 35.9 Å². The van der Waals surface area contributed by atoms with Crippen LogP contribution in [0.1, 0.15) is 17.2 Å². The van der Waals surface area contributed by atoms with Gasteiger partial charge in [0.15, 0.2) is 6.29 Å². The highest BCUT2D eigenvalue weighted by Gasteiger charge is 2.09. The third-order valence-corrected chi connectivity index (χ3v) is 2.13. The van der Waals surface area contributed by atoms with Gasteiger partial charge in [-0.25, -0.2) is 0 Å². The summed E-state index contributed by atoms with van der Waals surface area (Å²) < 4.78 is 0. The molecule has 12 heavy (non-hydrogen) atoms. The lowest BCUT2D eigenvalue weighted by Crippen LogP contribution is -2.07. The molecule has 0 aliphatic heterocycles. The van der Waals surface area contributed by atoms with Crippen LogP contribution in [0.25, 0.3) is 0 Å². The number of benzene rings is 1. The van der Waals surface area contributed by atoms with Crippen LogP contribution < -0.4 is 0 Å². The van der Waals surface area contributed by atoms with E-state index in [9.17, 15) is 0 Å². The van der Waals surface area contributed by atoms with E-state index in [-0.39, 0.29) is 11.7 Å². The third kappa shape index (κ3) is 2.85. The highest BCUT2D eigenvalue weighted by atomic mass is 32.1. The second-order valence-corrected chi connectivity index (χ2v) is 3.27. The van der Waals surface area contributed by atoms with E-state index in [0.717, 1.165) is 5.56 Å². The Morgan fingerprint density at radius 2 is 1.75 bits per heavy atom. The summed E-state index contributed by atoms with van der Waals surface area (Å²) in [6.45, 7) is 0. The Morgan fingerprint density at radius 1 is 1.17 bits per heavy atom. The normalized spacial score (nSPS) is 13.3. The lowest BCUT2D eigenvalue weighted by molar-refractivity contribution is -0.0451. The van der Waals surface area contributed by atoms with Crippen molar-refractivity contribution in [1.82, 2.24) is 0 Å². The Morgan fingerprint density at radius 3 is 2.25 bits per heavy atom. The monoisotopic (exact) mass is 184 g/mol. The summed E-state index contributed by atoms with van der Waals surface area (Å²) in [5.74, 6) is 0. The Balaban J connectivity index is 2.59. The van der Waals surface area contributed by atoms with Crippen LogP contribution in [0.4, 0.5) is 0 Å². The van der Waals surface area contributed by atoms with Crippen molar-refractivity contribution in [2.45, 2.75) is 18.0 Å². The minimum Gasteiger partial charge on any atom is -0.368 e. The fourth-order valence-electron chi connectivity index (χ4n) is 1.01. The molecule has 0 radical (unpaired) electrons. The van der Waals surface area contributed by atoms with Crippen LogP contribution >= 0.6 is 12.6 Å². The summed E-state index contributed by atoms with van der Waals surface area (Å²) in [7, 11) is 0. The summed E-state index contributed by atoms with van der Waals surface area (Å²) in [4.78, 5) is 0. The van der Waals surface area contributed by atoms with Gasteiger partial charge in [0.25, 0.3) is 0 Å². The maximum absolute atomic E-state index is 8.69. The zero-order valence-corrected chi connectivity index (χ0v) is 7.48. The minimum absolute atomic E-state index is 0.105. The Labute approximate surface area is 77.3 Å². The Bertz CT molecular complexity index is 223. The van der Waals surface area contributed by atoms with E-state index in [0.29, 0.717) is 0 Å². The second-order valence-electron chi connectivity index (χ2n) is 2.64. The van der Waals surface area contributed by atoms with Crippen molar-refractivity contribution in [1.29, 1.82) is 0 Å². The maximum Gasteiger partial charge on any atom is 0.152 e. The second kappa shape index (κ2) is 4.50. The molecule has 1 aromatic rings. The molecule has 0 saturated carbocycles. The van der Waals surface area contributed by atoms with Crippen LogP contribution in [-0.4, -0.2) is 16.5 Å². The van der Waals surface area contributed by atoms with Crippen molar-refractivity contribution in [3.8, 4) is 0 Å². The third-order valence-electron chi connectivity index (χ3n) is 1.62. The van der Waals surface area contributed by atoms with E-state index >= 15 is 0 Å². The quantitative estimate of drug-likeness (QED) is 0.490. The molecule has 0 amide bonds. The predicted octanol–water partition coefficient (Wildman–Crippen LogP) is 1.36. The number of hydrogen-bond acceptors (Lipinski definition) is 3. The zero-order chi connectivity index (χ0) is 8.97. The number of rotatable bonds is 3. The van der Waals surface area contributed by atoms with Crippen molar-refractivity contribution in [3.63, 3.8) is 0 Å². The van der Waals surface area contributed by atoms with Gasteiger partial charge in [-0.1, -0.05) is 30.3 Å². The van der Waals surface area contributed by atoms with E-state index < -0.39 is 6.29 Å². The van der Waals surface area contributed by atoms with Crippen molar-refractivity contribution in [2.75, 3.05) is 0 Å². The summed E-state index contributed by atoms with van der Waals surface area (Å²) in [6.07, 6.45) is -1.03. The lowest BCUT2D eigenvalue weighted by atomic mass is 10.1. The first-order valence-corrected chi connectivity index (χ1v) is 4.31. The fraction of sp³-hybridized carbons (Fsp3) is 0.333. The molecule has 1 aromatic carbocycles. The van der Waals surface area contributed by atoms with Crippen LogP contribution in [0.5, 0.6) is 0 Å². The molecule has 2 N–H and O–H groups in total. The molecule has 0 saturated heterocycles. The standard InChI is InChI=1S/C9H12O2S/c10-9(11)6-8(12)7-4-2-1-3-5-7/h1-5,8-12H,6H2. The summed E-state index contributed by atoms with van der Waals surface area (Å²) >= 11 is 4.24. The average Bonchev–Trinajstić information content (AvgIpc) is 2.05. The molecule has 0 heterocycles. The molecule has 0 spiro atoms.